The highest BCUT2D eigenvalue weighted by Gasteiger charge is 2.15. The second-order valence-corrected chi connectivity index (χ2v) is 6.04. The van der Waals surface area contributed by atoms with E-state index in [-0.39, 0.29) is 11.8 Å². The van der Waals surface area contributed by atoms with E-state index in [1.54, 1.807) is 13.2 Å². The second-order valence-electron chi connectivity index (χ2n) is 5.63. The van der Waals surface area contributed by atoms with Crippen molar-refractivity contribution in [1.29, 1.82) is 0 Å². The van der Waals surface area contributed by atoms with Crippen LogP contribution in [-0.4, -0.2) is 19.6 Å². The fraction of sp³-hybridized carbons (Fsp3) is 0.562. The number of benzene rings is 1. The summed E-state index contributed by atoms with van der Waals surface area (Å²) in [6.45, 7) is 5.16. The summed E-state index contributed by atoms with van der Waals surface area (Å²) in [6.07, 6.45) is 1.40. The molecule has 0 aromatic heterocycles. The third kappa shape index (κ3) is 5.94. The molecule has 1 rings (SSSR count). The lowest BCUT2D eigenvalue weighted by atomic mass is 9.94. The van der Waals surface area contributed by atoms with Crippen molar-refractivity contribution in [2.45, 2.75) is 33.2 Å². The number of nitrogens with one attached hydrogen (secondary N) is 1. The molecular weight excluding hydrogens is 288 g/mol. The van der Waals surface area contributed by atoms with Gasteiger partial charge < -0.3 is 15.8 Å². The summed E-state index contributed by atoms with van der Waals surface area (Å²) < 4.78 is 5.26. The minimum atomic E-state index is -0.00641. The number of halogens is 1. The van der Waals surface area contributed by atoms with Gasteiger partial charge in [0, 0.05) is 23.6 Å². The van der Waals surface area contributed by atoms with Crippen LogP contribution in [0.1, 0.15) is 32.3 Å². The maximum absolute atomic E-state index is 12.0. The number of nitrogens with two attached hydrogens (primary N) is 1. The highest BCUT2D eigenvalue weighted by molar-refractivity contribution is 6.31. The first-order valence-corrected chi connectivity index (χ1v) is 7.63. The van der Waals surface area contributed by atoms with Gasteiger partial charge in [-0.25, -0.2) is 0 Å². The first-order valence-electron chi connectivity index (χ1n) is 7.26. The summed E-state index contributed by atoms with van der Waals surface area (Å²) in [6, 6.07) is 5.43. The van der Waals surface area contributed by atoms with Crippen LogP contribution < -0.4 is 15.8 Å². The Labute approximate surface area is 132 Å². The smallest absolute Gasteiger partial charge is 0.220 e. The molecule has 0 unspecified atom stereocenters. The molecule has 0 aliphatic carbocycles. The Kier molecular flexibility index (Phi) is 7.54. The molecule has 118 valence electrons. The monoisotopic (exact) mass is 312 g/mol. The van der Waals surface area contributed by atoms with Crippen molar-refractivity contribution >= 4 is 17.5 Å². The molecule has 0 aliphatic rings. The zero-order valence-electron chi connectivity index (χ0n) is 13.0. The number of amides is 1. The molecule has 1 amide bonds. The highest BCUT2D eigenvalue weighted by atomic mass is 35.5. The van der Waals surface area contributed by atoms with Crippen LogP contribution in [0.2, 0.25) is 5.02 Å². The van der Waals surface area contributed by atoms with Crippen molar-refractivity contribution < 1.29 is 9.53 Å². The van der Waals surface area contributed by atoms with Gasteiger partial charge in [-0.1, -0.05) is 31.5 Å². The molecule has 0 aliphatic heterocycles. The van der Waals surface area contributed by atoms with E-state index >= 15 is 0 Å². The summed E-state index contributed by atoms with van der Waals surface area (Å²) in [7, 11) is 1.59. The summed E-state index contributed by atoms with van der Waals surface area (Å²) in [5.41, 5.74) is 6.52. The molecule has 1 aromatic rings. The van der Waals surface area contributed by atoms with Crippen LogP contribution in [0.25, 0.3) is 0 Å². The molecule has 0 fully saturated rings. The second kappa shape index (κ2) is 8.90. The zero-order chi connectivity index (χ0) is 15.8. The SMILES string of the molecule is COc1cccc(Cl)c1CNC(=O)C[C@@H](CN)CC(C)C. The normalized spacial score (nSPS) is 12.3. The minimum absolute atomic E-state index is 0.00641. The molecule has 0 bridgehead atoms. The van der Waals surface area contributed by atoms with Crippen LogP contribution in [0.3, 0.4) is 0 Å². The highest BCUT2D eigenvalue weighted by Crippen LogP contribution is 2.26. The molecule has 3 N–H and O–H groups in total. The Morgan fingerprint density at radius 3 is 2.71 bits per heavy atom. The van der Waals surface area contributed by atoms with Gasteiger partial charge in [0.05, 0.1) is 7.11 Å². The number of rotatable bonds is 8. The first-order chi connectivity index (χ1) is 9.97. The zero-order valence-corrected chi connectivity index (χ0v) is 13.7. The third-order valence-corrected chi connectivity index (χ3v) is 3.72. The average molecular weight is 313 g/mol. The van der Waals surface area contributed by atoms with Crippen LogP contribution >= 0.6 is 11.6 Å². The summed E-state index contributed by atoms with van der Waals surface area (Å²) in [5, 5.41) is 3.48. The van der Waals surface area contributed by atoms with E-state index in [0.717, 1.165) is 12.0 Å². The van der Waals surface area contributed by atoms with Crippen molar-refractivity contribution in [3.63, 3.8) is 0 Å². The summed E-state index contributed by atoms with van der Waals surface area (Å²) in [5.74, 6) is 1.43. The van der Waals surface area contributed by atoms with Crippen LogP contribution in [0.4, 0.5) is 0 Å². The molecule has 1 aromatic carbocycles. The molecule has 0 saturated carbocycles. The van der Waals surface area contributed by atoms with Crippen LogP contribution in [0.15, 0.2) is 18.2 Å². The molecule has 21 heavy (non-hydrogen) atoms. The Morgan fingerprint density at radius 2 is 2.14 bits per heavy atom. The molecule has 0 heterocycles. The lowest BCUT2D eigenvalue weighted by Crippen LogP contribution is -2.28. The van der Waals surface area contributed by atoms with Gasteiger partial charge in [0.25, 0.3) is 0 Å². The third-order valence-electron chi connectivity index (χ3n) is 3.37. The first kappa shape index (κ1) is 17.8. The van der Waals surface area contributed by atoms with Gasteiger partial charge in [0.2, 0.25) is 5.91 Å². The van der Waals surface area contributed by atoms with Crippen LogP contribution in [0.5, 0.6) is 5.75 Å². The van der Waals surface area contributed by atoms with Gasteiger partial charge in [-0.3, -0.25) is 4.79 Å². The van der Waals surface area contributed by atoms with Crippen molar-refractivity contribution in [2.24, 2.45) is 17.6 Å². The average Bonchev–Trinajstić information content (AvgIpc) is 2.44. The number of methoxy groups -OCH3 is 1. The quantitative estimate of drug-likeness (QED) is 0.775. The minimum Gasteiger partial charge on any atom is -0.496 e. The lowest BCUT2D eigenvalue weighted by Gasteiger charge is -2.17. The number of carbonyl (C=O) groups excluding carboxylic acids is 1. The van der Waals surface area contributed by atoms with Gasteiger partial charge in [-0.15, -0.1) is 0 Å². The van der Waals surface area contributed by atoms with Crippen molar-refractivity contribution in [2.75, 3.05) is 13.7 Å². The van der Waals surface area contributed by atoms with Gasteiger partial charge in [0.15, 0.2) is 0 Å². The topological polar surface area (TPSA) is 64.3 Å². The van der Waals surface area contributed by atoms with Gasteiger partial charge >= 0.3 is 0 Å². The molecular formula is C16H25ClN2O2. The Balaban J connectivity index is 2.57. The number of hydrogen-bond acceptors (Lipinski definition) is 3. The summed E-state index contributed by atoms with van der Waals surface area (Å²) in [4.78, 5) is 12.0. The van der Waals surface area contributed by atoms with Crippen LogP contribution in [0, 0.1) is 11.8 Å². The van der Waals surface area contributed by atoms with E-state index in [1.165, 1.54) is 0 Å². The molecule has 4 nitrogen and oxygen atoms in total. The van der Waals surface area contributed by atoms with E-state index in [0.29, 0.717) is 36.2 Å². The van der Waals surface area contributed by atoms with E-state index in [2.05, 4.69) is 19.2 Å². The Morgan fingerprint density at radius 1 is 1.43 bits per heavy atom. The van der Waals surface area contributed by atoms with Crippen molar-refractivity contribution in [3.05, 3.63) is 28.8 Å². The lowest BCUT2D eigenvalue weighted by molar-refractivity contribution is -0.122. The van der Waals surface area contributed by atoms with E-state index in [9.17, 15) is 4.79 Å². The number of hydrogen-bond donors (Lipinski definition) is 2. The fourth-order valence-electron chi connectivity index (χ4n) is 2.35. The van der Waals surface area contributed by atoms with E-state index < -0.39 is 0 Å². The molecule has 0 saturated heterocycles. The maximum atomic E-state index is 12.0. The molecule has 0 spiro atoms. The predicted octanol–water partition coefficient (Wildman–Crippen LogP) is 2.98. The van der Waals surface area contributed by atoms with Gasteiger partial charge in [0.1, 0.15) is 5.75 Å². The fourth-order valence-corrected chi connectivity index (χ4v) is 2.59. The summed E-state index contributed by atoms with van der Waals surface area (Å²) >= 11 is 6.14. The maximum Gasteiger partial charge on any atom is 0.220 e. The van der Waals surface area contributed by atoms with Crippen molar-refractivity contribution in [3.8, 4) is 5.75 Å². The predicted molar refractivity (Wildman–Crippen MR) is 86.5 cm³/mol. The van der Waals surface area contributed by atoms with Gasteiger partial charge in [-0.2, -0.15) is 0 Å². The Hall–Kier alpha value is -1.26. The molecule has 1 atom stereocenters. The van der Waals surface area contributed by atoms with Crippen LogP contribution in [-0.2, 0) is 11.3 Å². The standard InChI is InChI=1S/C16H25ClN2O2/c1-11(2)7-12(9-18)8-16(20)19-10-13-14(17)5-4-6-15(13)21-3/h4-6,11-12H,7-10,18H2,1-3H3,(H,19,20)/t12-/m0/s1. The molecule has 0 radical (unpaired) electrons. The van der Waals surface area contributed by atoms with E-state index in [4.69, 9.17) is 22.1 Å². The number of carbonyl (C=O) groups is 1. The molecule has 5 heteroatoms. The van der Waals surface area contributed by atoms with E-state index in [1.807, 2.05) is 12.1 Å². The largest absolute Gasteiger partial charge is 0.496 e. The van der Waals surface area contributed by atoms with Crippen molar-refractivity contribution in [1.82, 2.24) is 5.32 Å². The Bertz CT molecular complexity index is 464. The van der Waals surface area contributed by atoms with Gasteiger partial charge in [-0.05, 0) is 36.9 Å². The number of ether oxygens (including phenoxy) is 1.